The summed E-state index contributed by atoms with van der Waals surface area (Å²) < 4.78 is 31.3. The Morgan fingerprint density at radius 3 is 2.30 bits per heavy atom. The van der Waals surface area contributed by atoms with Gasteiger partial charge in [0.15, 0.2) is 0 Å². The Kier molecular flexibility index (Phi) is 7.87. The van der Waals surface area contributed by atoms with E-state index in [4.69, 9.17) is 9.97 Å². The third kappa shape index (κ3) is 6.31. The lowest BCUT2D eigenvalue weighted by atomic mass is 9.81. The number of halogens is 2. The van der Waals surface area contributed by atoms with Gasteiger partial charge in [-0.15, -0.1) is 0 Å². The molecule has 0 saturated heterocycles. The number of imidazole rings is 1. The van der Waals surface area contributed by atoms with Crippen molar-refractivity contribution in [2.75, 3.05) is 0 Å². The van der Waals surface area contributed by atoms with Crippen molar-refractivity contribution in [3.05, 3.63) is 42.0 Å². The van der Waals surface area contributed by atoms with E-state index >= 15 is 0 Å². The SMILES string of the molecule is CC(C)CC(=O)N[C@@H](c1ccn2cc([C@@H](NC(=O)c3ncnn3C(C)C)C3CCC(F)(F)CC3)nc2n1)C1CC1. The van der Waals surface area contributed by atoms with Crippen LogP contribution in [0.25, 0.3) is 5.78 Å². The van der Waals surface area contributed by atoms with Crippen LogP contribution in [0.4, 0.5) is 8.78 Å². The molecule has 0 spiro atoms. The van der Waals surface area contributed by atoms with Crippen molar-refractivity contribution in [1.82, 2.24) is 39.8 Å². The van der Waals surface area contributed by atoms with Crippen molar-refractivity contribution in [2.45, 2.75) is 96.7 Å². The number of amides is 2. The fourth-order valence-corrected chi connectivity index (χ4v) is 5.52. The second-order valence-corrected chi connectivity index (χ2v) is 12.0. The van der Waals surface area contributed by atoms with E-state index in [1.807, 2.05) is 40.0 Å². The summed E-state index contributed by atoms with van der Waals surface area (Å²) in [4.78, 5) is 39.6. The van der Waals surface area contributed by atoms with E-state index in [2.05, 4.69) is 20.7 Å². The number of rotatable bonds is 10. The molecule has 2 atom stereocenters. The van der Waals surface area contributed by atoms with Gasteiger partial charge in [-0.3, -0.25) is 14.0 Å². The molecule has 0 bridgehead atoms. The molecule has 0 aromatic carbocycles. The van der Waals surface area contributed by atoms with Crippen molar-refractivity contribution < 1.29 is 18.4 Å². The summed E-state index contributed by atoms with van der Waals surface area (Å²) in [5, 5.41) is 10.3. The van der Waals surface area contributed by atoms with Crippen LogP contribution in [-0.4, -0.2) is 46.9 Å². The van der Waals surface area contributed by atoms with E-state index in [0.717, 1.165) is 18.5 Å². The average molecular weight is 557 g/mol. The van der Waals surface area contributed by atoms with Crippen molar-refractivity contribution in [3.8, 4) is 0 Å². The Balaban J connectivity index is 1.43. The highest BCUT2D eigenvalue weighted by atomic mass is 19.3. The monoisotopic (exact) mass is 556 g/mol. The molecule has 10 nitrogen and oxygen atoms in total. The average Bonchev–Trinajstić information content (AvgIpc) is 3.43. The van der Waals surface area contributed by atoms with Crippen molar-refractivity contribution >= 4 is 17.6 Å². The highest BCUT2D eigenvalue weighted by molar-refractivity contribution is 5.91. The van der Waals surface area contributed by atoms with Gasteiger partial charge in [-0.25, -0.2) is 28.4 Å². The maximum Gasteiger partial charge on any atom is 0.289 e. The number of alkyl halides is 2. The van der Waals surface area contributed by atoms with Gasteiger partial charge < -0.3 is 10.6 Å². The number of hydrogen-bond donors (Lipinski definition) is 2. The van der Waals surface area contributed by atoms with Gasteiger partial charge in [0.2, 0.25) is 23.4 Å². The van der Waals surface area contributed by atoms with Crippen LogP contribution in [0.2, 0.25) is 0 Å². The number of hydrogen-bond acceptors (Lipinski definition) is 6. The van der Waals surface area contributed by atoms with Crippen molar-refractivity contribution in [2.24, 2.45) is 17.8 Å². The number of nitrogens with zero attached hydrogens (tertiary/aromatic N) is 6. The van der Waals surface area contributed by atoms with Gasteiger partial charge in [0.05, 0.1) is 23.5 Å². The fraction of sp³-hybridized carbons (Fsp3) is 0.643. The Morgan fingerprint density at radius 2 is 1.65 bits per heavy atom. The maximum atomic E-state index is 14.0. The molecule has 2 amide bonds. The lowest BCUT2D eigenvalue weighted by Crippen LogP contribution is -2.38. The largest absolute Gasteiger partial charge is 0.347 e. The molecule has 2 fully saturated rings. The molecule has 2 aliphatic carbocycles. The lowest BCUT2D eigenvalue weighted by molar-refractivity contribution is -0.122. The quantitative estimate of drug-likeness (QED) is 0.370. The normalized spacial score (nSPS) is 19.2. The summed E-state index contributed by atoms with van der Waals surface area (Å²) in [6.45, 7) is 7.82. The Hall–Kier alpha value is -3.44. The van der Waals surface area contributed by atoms with E-state index in [-0.39, 0.29) is 61.3 Å². The number of aromatic nitrogens is 6. The Labute approximate surface area is 232 Å². The number of carbonyl (C=O) groups excluding carboxylic acids is 2. The fourth-order valence-electron chi connectivity index (χ4n) is 5.52. The highest BCUT2D eigenvalue weighted by Gasteiger charge is 2.40. The molecule has 40 heavy (non-hydrogen) atoms. The molecule has 2 aliphatic rings. The van der Waals surface area contributed by atoms with Crippen molar-refractivity contribution in [3.63, 3.8) is 0 Å². The molecule has 0 radical (unpaired) electrons. The third-order valence-electron chi connectivity index (χ3n) is 7.79. The van der Waals surface area contributed by atoms with Gasteiger partial charge in [-0.1, -0.05) is 13.8 Å². The summed E-state index contributed by atoms with van der Waals surface area (Å²) in [6, 6.07) is 1.02. The first kappa shape index (κ1) is 28.1. The summed E-state index contributed by atoms with van der Waals surface area (Å²) in [5.41, 5.74) is 1.29. The first-order valence-electron chi connectivity index (χ1n) is 14.2. The first-order chi connectivity index (χ1) is 19.0. The third-order valence-corrected chi connectivity index (χ3v) is 7.79. The van der Waals surface area contributed by atoms with Crippen LogP contribution >= 0.6 is 0 Å². The van der Waals surface area contributed by atoms with Gasteiger partial charge in [-0.2, -0.15) is 5.10 Å². The minimum absolute atomic E-state index is 0.00345. The molecule has 3 aromatic heterocycles. The summed E-state index contributed by atoms with van der Waals surface area (Å²) in [5.74, 6) is -2.16. The van der Waals surface area contributed by atoms with E-state index in [0.29, 0.717) is 23.8 Å². The van der Waals surface area contributed by atoms with Crippen LogP contribution in [0.1, 0.15) is 113 Å². The van der Waals surface area contributed by atoms with Crippen LogP contribution in [0.3, 0.4) is 0 Å². The predicted molar refractivity (Wildman–Crippen MR) is 144 cm³/mol. The molecule has 3 heterocycles. The molecule has 0 aliphatic heterocycles. The first-order valence-corrected chi connectivity index (χ1v) is 14.2. The van der Waals surface area contributed by atoms with E-state index in [1.165, 1.54) is 11.0 Å². The van der Waals surface area contributed by atoms with Crippen LogP contribution < -0.4 is 10.6 Å². The summed E-state index contributed by atoms with van der Waals surface area (Å²) in [7, 11) is 0. The molecule has 5 rings (SSSR count). The zero-order valence-electron chi connectivity index (χ0n) is 23.5. The molecule has 3 aromatic rings. The Morgan fingerprint density at radius 1 is 1.00 bits per heavy atom. The van der Waals surface area contributed by atoms with E-state index in [9.17, 15) is 18.4 Å². The number of fused-ring (bicyclic) bond motifs is 1. The second kappa shape index (κ2) is 11.2. The molecular formula is C28H38F2N8O2. The predicted octanol–water partition coefficient (Wildman–Crippen LogP) is 4.81. The maximum absolute atomic E-state index is 14.0. The number of nitrogens with one attached hydrogen (secondary N) is 2. The van der Waals surface area contributed by atoms with Gasteiger partial charge in [0.1, 0.15) is 6.33 Å². The van der Waals surface area contributed by atoms with Gasteiger partial charge >= 0.3 is 0 Å². The standard InChI is InChI=1S/C28H38F2N8O2/c1-16(2)13-22(39)35-23(18-5-6-18)20-9-12-37-14-21(34-27(37)33-20)24(19-7-10-28(29,30)11-8-19)36-26(40)25-31-15-32-38(25)17(3)4/h9,12,14-19,23-24H,5-8,10-11,13H2,1-4H3,(H,35,39)(H,36,40)/t23-,24+/m1/s1. The minimum atomic E-state index is -2.70. The smallest absolute Gasteiger partial charge is 0.289 e. The minimum Gasteiger partial charge on any atom is -0.347 e. The second-order valence-electron chi connectivity index (χ2n) is 12.0. The molecule has 2 N–H and O–H groups in total. The van der Waals surface area contributed by atoms with Crippen LogP contribution in [0.15, 0.2) is 24.8 Å². The van der Waals surface area contributed by atoms with Gasteiger partial charge in [0, 0.05) is 37.7 Å². The lowest BCUT2D eigenvalue weighted by Gasteiger charge is -2.33. The van der Waals surface area contributed by atoms with Gasteiger partial charge in [-0.05, 0) is 63.4 Å². The van der Waals surface area contributed by atoms with Crippen LogP contribution in [0, 0.1) is 17.8 Å². The summed E-state index contributed by atoms with van der Waals surface area (Å²) >= 11 is 0. The van der Waals surface area contributed by atoms with Crippen LogP contribution in [-0.2, 0) is 4.79 Å². The zero-order chi connectivity index (χ0) is 28.6. The topological polar surface area (TPSA) is 119 Å². The highest BCUT2D eigenvalue weighted by Crippen LogP contribution is 2.42. The molecule has 0 unspecified atom stereocenters. The van der Waals surface area contributed by atoms with E-state index < -0.39 is 17.9 Å². The zero-order valence-corrected chi connectivity index (χ0v) is 23.5. The number of carbonyl (C=O) groups is 2. The molecule has 216 valence electrons. The van der Waals surface area contributed by atoms with E-state index in [1.54, 1.807) is 10.6 Å². The van der Waals surface area contributed by atoms with Crippen LogP contribution in [0.5, 0.6) is 0 Å². The van der Waals surface area contributed by atoms with Gasteiger partial charge in [0.25, 0.3) is 5.91 Å². The Bertz CT molecular complexity index is 1350. The summed E-state index contributed by atoms with van der Waals surface area (Å²) in [6.07, 6.45) is 7.52. The molecular weight excluding hydrogens is 518 g/mol. The molecule has 2 saturated carbocycles. The molecule has 12 heteroatoms. The van der Waals surface area contributed by atoms with Crippen molar-refractivity contribution in [1.29, 1.82) is 0 Å².